The molecule has 0 unspecified atom stereocenters. The Morgan fingerprint density at radius 1 is 1.00 bits per heavy atom. The summed E-state index contributed by atoms with van der Waals surface area (Å²) in [5, 5.41) is 25.9. The predicted molar refractivity (Wildman–Crippen MR) is 84.9 cm³/mol. The molecule has 0 bridgehead atoms. The van der Waals surface area contributed by atoms with E-state index in [0.29, 0.717) is 28.0 Å². The average molecular weight is 320 g/mol. The number of carbonyl (C=O) groups is 2. The quantitative estimate of drug-likeness (QED) is 0.769. The van der Waals surface area contributed by atoms with Crippen LogP contribution in [0.25, 0.3) is 10.9 Å². The molecule has 120 valence electrons. The maximum absolute atomic E-state index is 11.3. The lowest BCUT2D eigenvalue weighted by Gasteiger charge is -2.14. The van der Waals surface area contributed by atoms with Crippen molar-refractivity contribution in [2.45, 2.75) is 6.92 Å². The van der Waals surface area contributed by atoms with Crippen molar-refractivity contribution in [2.24, 2.45) is 0 Å². The van der Waals surface area contributed by atoms with Crippen molar-refractivity contribution in [3.63, 3.8) is 0 Å². The first-order valence-electron chi connectivity index (χ1n) is 7.16. The number of rotatable bonds is 4. The second kappa shape index (κ2) is 6.00. The number of hydrogen-bond donors (Lipinski definition) is 1. The maximum atomic E-state index is 11.3. The van der Waals surface area contributed by atoms with Gasteiger partial charge in [0.1, 0.15) is 0 Å². The molecule has 0 saturated heterocycles. The summed E-state index contributed by atoms with van der Waals surface area (Å²) in [6, 6.07) is 12.7. The number of benzene rings is 2. The average Bonchev–Trinajstić information content (AvgIpc) is 2.54. The highest BCUT2D eigenvalue weighted by Crippen LogP contribution is 2.28. The third-order valence-electron chi connectivity index (χ3n) is 3.56. The molecule has 6 heteroatoms. The molecule has 0 aliphatic rings. The Morgan fingerprint density at radius 2 is 1.75 bits per heavy atom. The molecule has 0 radical (unpaired) electrons. The van der Waals surface area contributed by atoms with Crippen LogP contribution in [0.3, 0.4) is 0 Å². The second-order valence-electron chi connectivity index (χ2n) is 5.29. The maximum Gasteiger partial charge on any atom is 0.0816 e. The van der Waals surface area contributed by atoms with Crippen LogP contribution in [0, 0.1) is 6.92 Å². The minimum absolute atomic E-state index is 0.00253. The zero-order valence-electron chi connectivity index (χ0n) is 12.7. The summed E-state index contributed by atoms with van der Waals surface area (Å²) in [4.78, 5) is 26.5. The largest absolute Gasteiger partial charge is 0.545 e. The minimum atomic E-state index is -1.30. The Kier molecular flexibility index (Phi) is 3.87. The number of pyridine rings is 1. The van der Waals surface area contributed by atoms with Gasteiger partial charge in [0.2, 0.25) is 0 Å². The number of aryl methyl sites for hydroxylation is 1. The number of aromatic carboxylic acids is 2. The lowest BCUT2D eigenvalue weighted by molar-refractivity contribution is -0.256. The number of carbonyl (C=O) groups excluding carboxylic acids is 2. The van der Waals surface area contributed by atoms with Gasteiger partial charge in [-0.25, -0.2) is 0 Å². The number of nitrogens with one attached hydrogen (secondary N) is 1. The third-order valence-corrected chi connectivity index (χ3v) is 3.56. The molecule has 0 saturated carbocycles. The first kappa shape index (κ1) is 15.5. The first-order valence-corrected chi connectivity index (χ1v) is 7.16. The summed E-state index contributed by atoms with van der Waals surface area (Å²) in [7, 11) is 0. The molecule has 0 aliphatic heterocycles. The molecule has 1 N–H and O–H groups in total. The zero-order valence-corrected chi connectivity index (χ0v) is 12.7. The van der Waals surface area contributed by atoms with Gasteiger partial charge in [-0.3, -0.25) is 4.98 Å². The Balaban J connectivity index is 2.13. The minimum Gasteiger partial charge on any atom is -0.545 e. The van der Waals surface area contributed by atoms with Crippen LogP contribution >= 0.6 is 0 Å². The van der Waals surface area contributed by atoms with Gasteiger partial charge in [-0.2, -0.15) is 0 Å². The summed E-state index contributed by atoms with van der Waals surface area (Å²) in [5.41, 5.74) is 2.15. The van der Waals surface area contributed by atoms with Crippen molar-refractivity contribution in [2.75, 3.05) is 5.32 Å². The Labute approximate surface area is 137 Å². The van der Waals surface area contributed by atoms with Crippen LogP contribution in [0.1, 0.15) is 26.4 Å². The van der Waals surface area contributed by atoms with Crippen molar-refractivity contribution in [3.05, 3.63) is 65.4 Å². The van der Waals surface area contributed by atoms with E-state index >= 15 is 0 Å². The molecule has 2 aromatic carbocycles. The van der Waals surface area contributed by atoms with E-state index in [-0.39, 0.29) is 11.1 Å². The topological polar surface area (TPSA) is 105 Å². The fraction of sp³-hybridized carbons (Fsp3) is 0.0556. The van der Waals surface area contributed by atoms with Crippen molar-refractivity contribution >= 4 is 34.2 Å². The van der Waals surface area contributed by atoms with E-state index in [1.54, 1.807) is 37.3 Å². The van der Waals surface area contributed by atoms with E-state index in [0.717, 1.165) is 0 Å². The fourth-order valence-corrected chi connectivity index (χ4v) is 2.52. The Bertz CT molecular complexity index is 966. The molecular weight excluding hydrogens is 308 g/mol. The van der Waals surface area contributed by atoms with Gasteiger partial charge in [0.15, 0.2) is 0 Å². The smallest absolute Gasteiger partial charge is 0.0816 e. The summed E-state index contributed by atoms with van der Waals surface area (Å²) in [6.45, 7) is 1.74. The van der Waals surface area contributed by atoms with Crippen LogP contribution in [-0.2, 0) is 0 Å². The van der Waals surface area contributed by atoms with E-state index in [1.165, 1.54) is 18.2 Å². The lowest BCUT2D eigenvalue weighted by Crippen LogP contribution is -2.22. The normalized spacial score (nSPS) is 10.5. The first-order chi connectivity index (χ1) is 11.5. The Morgan fingerprint density at radius 3 is 2.46 bits per heavy atom. The van der Waals surface area contributed by atoms with Crippen molar-refractivity contribution < 1.29 is 19.8 Å². The summed E-state index contributed by atoms with van der Waals surface area (Å²) in [5.74, 6) is -2.57. The number of nitrogens with zero attached hydrogens (tertiary/aromatic N) is 1. The SMILES string of the molecule is Cc1cc(Nc2cccc(C(=O)[O-])c2)c2cccc(C(=O)[O-])c2n1. The lowest BCUT2D eigenvalue weighted by atomic mass is 10.1. The van der Waals surface area contributed by atoms with E-state index in [9.17, 15) is 19.8 Å². The number of anilines is 2. The van der Waals surface area contributed by atoms with E-state index in [2.05, 4.69) is 10.3 Å². The van der Waals surface area contributed by atoms with Gasteiger partial charge < -0.3 is 25.1 Å². The van der Waals surface area contributed by atoms with Gasteiger partial charge in [-0.05, 0) is 30.7 Å². The van der Waals surface area contributed by atoms with Crippen molar-refractivity contribution in [1.29, 1.82) is 0 Å². The van der Waals surface area contributed by atoms with Gasteiger partial charge in [0.25, 0.3) is 0 Å². The van der Waals surface area contributed by atoms with Gasteiger partial charge >= 0.3 is 0 Å². The Hall–Kier alpha value is -3.41. The molecule has 6 nitrogen and oxygen atoms in total. The number of fused-ring (bicyclic) bond motifs is 1. The summed E-state index contributed by atoms with van der Waals surface area (Å²) < 4.78 is 0. The number of carboxylic acid groups (broad SMARTS) is 2. The molecule has 0 fully saturated rings. The van der Waals surface area contributed by atoms with Crippen LogP contribution < -0.4 is 15.5 Å². The van der Waals surface area contributed by atoms with Gasteiger partial charge in [-0.1, -0.05) is 30.3 Å². The van der Waals surface area contributed by atoms with Crippen LogP contribution in [0.15, 0.2) is 48.5 Å². The van der Waals surface area contributed by atoms with Crippen molar-refractivity contribution in [3.8, 4) is 0 Å². The summed E-state index contributed by atoms with van der Waals surface area (Å²) >= 11 is 0. The monoisotopic (exact) mass is 320 g/mol. The predicted octanol–water partition coefficient (Wildman–Crippen LogP) is 1.01. The standard InChI is InChI=1S/C18H14N2O4/c1-10-8-15(20-12-5-2-4-11(9-12)17(21)22)13-6-3-7-14(18(23)24)16(13)19-10/h2-9H,1H3,(H,19,20)(H,21,22)(H,23,24)/p-2. The highest BCUT2D eigenvalue weighted by atomic mass is 16.4. The fourth-order valence-electron chi connectivity index (χ4n) is 2.52. The highest BCUT2D eigenvalue weighted by Gasteiger charge is 2.09. The number of aromatic nitrogens is 1. The van der Waals surface area contributed by atoms with Gasteiger partial charge in [0, 0.05) is 28.0 Å². The number of hydrogen-bond acceptors (Lipinski definition) is 6. The molecule has 24 heavy (non-hydrogen) atoms. The van der Waals surface area contributed by atoms with Crippen LogP contribution in [0.2, 0.25) is 0 Å². The molecule has 0 aliphatic carbocycles. The third kappa shape index (κ3) is 2.89. The molecule has 0 amide bonds. The van der Waals surface area contributed by atoms with E-state index in [1.807, 2.05) is 0 Å². The molecule has 0 spiro atoms. The molecule has 1 aromatic heterocycles. The molecular formula is C18H12N2O4-2. The molecule has 1 heterocycles. The van der Waals surface area contributed by atoms with Gasteiger partial charge in [0.05, 0.1) is 17.5 Å². The van der Waals surface area contributed by atoms with Crippen LogP contribution in [-0.4, -0.2) is 16.9 Å². The van der Waals surface area contributed by atoms with E-state index in [4.69, 9.17) is 0 Å². The highest BCUT2D eigenvalue weighted by molar-refractivity contribution is 6.05. The zero-order chi connectivity index (χ0) is 17.3. The van der Waals surface area contributed by atoms with Gasteiger partial charge in [-0.15, -0.1) is 0 Å². The van der Waals surface area contributed by atoms with Crippen molar-refractivity contribution in [1.82, 2.24) is 4.98 Å². The number of para-hydroxylation sites is 1. The second-order valence-corrected chi connectivity index (χ2v) is 5.29. The molecule has 3 aromatic rings. The molecule has 0 atom stereocenters. The van der Waals surface area contributed by atoms with Crippen LogP contribution in [0.4, 0.5) is 11.4 Å². The number of carboxylic acids is 2. The molecule has 3 rings (SSSR count). The summed E-state index contributed by atoms with van der Waals surface area (Å²) in [6.07, 6.45) is 0. The van der Waals surface area contributed by atoms with E-state index < -0.39 is 11.9 Å². The van der Waals surface area contributed by atoms with Crippen LogP contribution in [0.5, 0.6) is 0 Å².